The zero-order valence-corrected chi connectivity index (χ0v) is 17.6. The molecule has 0 saturated carbocycles. The minimum atomic E-state index is -5.12. The number of halogens is 3. The van der Waals surface area contributed by atoms with Crippen LogP contribution < -0.4 is 9.47 Å². The van der Waals surface area contributed by atoms with Gasteiger partial charge in [-0.15, -0.1) is 0 Å². The number of hydrazone groups is 1. The Bertz CT molecular complexity index is 1010. The van der Waals surface area contributed by atoms with Crippen LogP contribution in [0.4, 0.5) is 13.2 Å². The Morgan fingerprint density at radius 1 is 1.19 bits per heavy atom. The van der Waals surface area contributed by atoms with Gasteiger partial charge in [0.05, 0.1) is 19.2 Å². The highest BCUT2D eigenvalue weighted by atomic mass is 19.4. The van der Waals surface area contributed by atoms with Gasteiger partial charge < -0.3 is 14.6 Å². The molecule has 31 heavy (non-hydrogen) atoms. The van der Waals surface area contributed by atoms with Crippen LogP contribution in [0.15, 0.2) is 41.5 Å². The van der Waals surface area contributed by atoms with E-state index in [-0.39, 0.29) is 10.7 Å². The normalized spacial score (nSPS) is 18.7. The van der Waals surface area contributed by atoms with Crippen molar-refractivity contribution in [2.75, 3.05) is 13.7 Å². The number of amides is 1. The minimum Gasteiger partial charge on any atom is -0.497 e. The van der Waals surface area contributed by atoms with E-state index in [4.69, 9.17) is 9.47 Å². The molecule has 3 rings (SSSR count). The predicted molar refractivity (Wildman–Crippen MR) is 108 cm³/mol. The minimum absolute atomic E-state index is 0.0701. The number of nitrogens with zero attached hydrogens (tertiary/aromatic N) is 2. The number of hydrogen-bond acceptors (Lipinski definition) is 5. The number of rotatable bonds is 5. The van der Waals surface area contributed by atoms with Crippen LogP contribution in [-0.2, 0) is 4.79 Å². The molecule has 0 saturated heterocycles. The molecule has 166 valence electrons. The lowest BCUT2D eigenvalue weighted by molar-refractivity contribution is -0.302. The summed E-state index contributed by atoms with van der Waals surface area (Å²) in [6.45, 7) is 4.75. The van der Waals surface area contributed by atoms with Gasteiger partial charge in [0.15, 0.2) is 6.61 Å². The number of alkyl halides is 3. The van der Waals surface area contributed by atoms with E-state index in [1.165, 1.54) is 19.2 Å². The van der Waals surface area contributed by atoms with E-state index in [9.17, 15) is 23.1 Å². The number of ether oxygens (including phenoxy) is 2. The molecule has 6 nitrogen and oxygen atoms in total. The molecule has 1 amide bonds. The van der Waals surface area contributed by atoms with Crippen LogP contribution in [0.25, 0.3) is 0 Å². The molecule has 2 aromatic rings. The first-order valence-corrected chi connectivity index (χ1v) is 9.51. The van der Waals surface area contributed by atoms with Crippen molar-refractivity contribution >= 4 is 11.6 Å². The second-order valence-corrected chi connectivity index (χ2v) is 7.49. The maximum Gasteiger partial charge on any atom is 0.438 e. The summed E-state index contributed by atoms with van der Waals surface area (Å²) in [4.78, 5) is 12.7. The first-order chi connectivity index (χ1) is 14.5. The van der Waals surface area contributed by atoms with E-state index in [1.807, 2.05) is 19.1 Å². The summed E-state index contributed by atoms with van der Waals surface area (Å²) in [5, 5.41) is 14.3. The molecule has 0 spiro atoms. The Hall–Kier alpha value is -3.07. The van der Waals surface area contributed by atoms with Crippen molar-refractivity contribution in [3.8, 4) is 11.5 Å². The fourth-order valence-corrected chi connectivity index (χ4v) is 3.58. The second-order valence-electron chi connectivity index (χ2n) is 7.49. The highest BCUT2D eigenvalue weighted by Crippen LogP contribution is 2.41. The Kier molecular flexibility index (Phi) is 6.00. The van der Waals surface area contributed by atoms with Gasteiger partial charge in [-0.25, -0.2) is 0 Å². The van der Waals surface area contributed by atoms with Crippen LogP contribution in [0.2, 0.25) is 0 Å². The van der Waals surface area contributed by atoms with E-state index in [2.05, 4.69) is 5.10 Å². The SMILES string of the molecule is COc1cccc(C2=NN(C(=O)COc3c(C)cc(C)cc3C)[C@](O)(C(F)(F)F)C2)c1. The average molecular weight is 436 g/mol. The lowest BCUT2D eigenvalue weighted by Gasteiger charge is -2.32. The molecule has 0 fully saturated rings. The largest absolute Gasteiger partial charge is 0.497 e. The second kappa shape index (κ2) is 8.22. The van der Waals surface area contributed by atoms with Gasteiger partial charge in [-0.3, -0.25) is 4.79 Å². The molecule has 1 aliphatic rings. The third kappa shape index (κ3) is 4.36. The van der Waals surface area contributed by atoms with E-state index >= 15 is 0 Å². The molecular weight excluding hydrogens is 413 g/mol. The first kappa shape index (κ1) is 22.6. The summed E-state index contributed by atoms with van der Waals surface area (Å²) in [5.41, 5.74) is -0.759. The maximum absolute atomic E-state index is 13.7. The Balaban J connectivity index is 1.89. The van der Waals surface area contributed by atoms with Crippen LogP contribution in [0.1, 0.15) is 28.7 Å². The molecule has 1 atom stereocenters. The molecular formula is C22H23F3N2O4. The standard InChI is InChI=1S/C22H23F3N2O4/c1-13-8-14(2)20(15(3)9-13)31-12-19(28)27-21(29,22(23,24)25)11-18(26-27)16-6-5-7-17(10-16)30-4/h5-10,29H,11-12H2,1-4H3/t21-/m1/s1. The lowest BCUT2D eigenvalue weighted by atomic mass is 10.0. The topological polar surface area (TPSA) is 71.4 Å². The summed E-state index contributed by atoms with van der Waals surface area (Å²) >= 11 is 0. The van der Waals surface area contributed by atoms with Crippen LogP contribution in [0.5, 0.6) is 11.5 Å². The Morgan fingerprint density at radius 3 is 2.42 bits per heavy atom. The third-order valence-corrected chi connectivity index (χ3v) is 5.02. The number of carbonyl (C=O) groups is 1. The van der Waals surface area contributed by atoms with Gasteiger partial charge in [0.25, 0.3) is 11.6 Å². The van der Waals surface area contributed by atoms with Gasteiger partial charge in [0.1, 0.15) is 11.5 Å². The summed E-state index contributed by atoms with van der Waals surface area (Å²) < 4.78 is 51.8. The molecule has 0 unspecified atom stereocenters. The number of aliphatic hydroxyl groups is 1. The predicted octanol–water partition coefficient (Wildman–Crippen LogP) is 3.89. The third-order valence-electron chi connectivity index (χ3n) is 5.02. The van der Waals surface area contributed by atoms with Gasteiger partial charge in [-0.2, -0.15) is 23.3 Å². The molecule has 0 aromatic heterocycles. The zero-order chi connectivity index (χ0) is 23.0. The molecule has 0 bridgehead atoms. The van der Waals surface area contributed by atoms with Gasteiger partial charge in [0.2, 0.25) is 0 Å². The van der Waals surface area contributed by atoms with E-state index < -0.39 is 30.8 Å². The Morgan fingerprint density at radius 2 is 1.84 bits per heavy atom. The Labute approximate surface area is 177 Å². The van der Waals surface area contributed by atoms with Gasteiger partial charge >= 0.3 is 6.18 Å². The summed E-state index contributed by atoms with van der Waals surface area (Å²) in [6, 6.07) is 9.90. The lowest BCUT2D eigenvalue weighted by Crippen LogP contribution is -2.57. The van der Waals surface area contributed by atoms with Crippen molar-refractivity contribution in [2.45, 2.75) is 39.1 Å². The smallest absolute Gasteiger partial charge is 0.438 e. The molecule has 0 aliphatic carbocycles. The zero-order valence-electron chi connectivity index (χ0n) is 17.6. The molecule has 9 heteroatoms. The van der Waals surface area contributed by atoms with E-state index in [0.717, 1.165) is 16.7 Å². The highest BCUT2D eigenvalue weighted by Gasteiger charge is 2.63. The number of aryl methyl sites for hydroxylation is 3. The summed E-state index contributed by atoms with van der Waals surface area (Å²) in [6.07, 6.45) is -6.03. The average Bonchev–Trinajstić information content (AvgIpc) is 3.06. The summed E-state index contributed by atoms with van der Waals surface area (Å²) in [5.74, 6) is -0.294. The number of hydrogen-bond donors (Lipinski definition) is 1. The quantitative estimate of drug-likeness (QED) is 0.772. The van der Waals surface area contributed by atoms with Crippen LogP contribution in [-0.4, -0.2) is 47.4 Å². The van der Waals surface area contributed by atoms with Crippen molar-refractivity contribution in [1.82, 2.24) is 5.01 Å². The number of benzene rings is 2. The fourth-order valence-electron chi connectivity index (χ4n) is 3.58. The van der Waals surface area contributed by atoms with Crippen molar-refractivity contribution in [3.05, 3.63) is 58.7 Å². The first-order valence-electron chi connectivity index (χ1n) is 9.51. The van der Waals surface area contributed by atoms with Gasteiger partial charge in [0, 0.05) is 5.56 Å². The number of carbonyl (C=O) groups excluding carboxylic acids is 1. The van der Waals surface area contributed by atoms with Crippen molar-refractivity contribution in [3.63, 3.8) is 0 Å². The van der Waals surface area contributed by atoms with Crippen LogP contribution >= 0.6 is 0 Å². The van der Waals surface area contributed by atoms with Crippen molar-refractivity contribution < 1.29 is 32.5 Å². The molecule has 1 aliphatic heterocycles. The van der Waals surface area contributed by atoms with Gasteiger partial charge in [-0.05, 0) is 44.0 Å². The number of methoxy groups -OCH3 is 1. The highest BCUT2D eigenvalue weighted by molar-refractivity contribution is 6.03. The van der Waals surface area contributed by atoms with Gasteiger partial charge in [-0.1, -0.05) is 29.8 Å². The molecule has 2 aromatic carbocycles. The molecule has 1 heterocycles. The summed E-state index contributed by atoms with van der Waals surface area (Å²) in [7, 11) is 1.42. The van der Waals surface area contributed by atoms with Crippen LogP contribution in [0.3, 0.4) is 0 Å². The van der Waals surface area contributed by atoms with Crippen molar-refractivity contribution in [2.24, 2.45) is 5.10 Å². The maximum atomic E-state index is 13.7. The fraction of sp³-hybridized carbons (Fsp3) is 0.364. The van der Waals surface area contributed by atoms with Crippen LogP contribution in [0, 0.1) is 20.8 Å². The monoisotopic (exact) mass is 436 g/mol. The van der Waals surface area contributed by atoms with Crippen molar-refractivity contribution in [1.29, 1.82) is 0 Å². The van der Waals surface area contributed by atoms with E-state index in [0.29, 0.717) is 17.1 Å². The molecule has 1 N–H and O–H groups in total. The van der Waals surface area contributed by atoms with E-state index in [1.54, 1.807) is 26.0 Å². The molecule has 0 radical (unpaired) electrons.